The molecule has 1 N–H and O–H groups in total. The second-order valence-electron chi connectivity index (χ2n) is 6.51. The van der Waals surface area contributed by atoms with Crippen molar-refractivity contribution >= 4 is 29.3 Å². The van der Waals surface area contributed by atoms with E-state index in [0.717, 1.165) is 9.91 Å². The SMILES string of the molecule is COc1ccc(N2C(=O)C[C@H](N(NC(=O)COc3ccccc3)C(C)=O)C2=O)cc1. The Morgan fingerprint density at radius 1 is 1.07 bits per heavy atom. The topological polar surface area (TPSA) is 105 Å². The first-order valence-corrected chi connectivity index (χ1v) is 9.18. The first kappa shape index (κ1) is 20.8. The summed E-state index contributed by atoms with van der Waals surface area (Å²) in [6.07, 6.45) is -0.246. The number of ether oxygens (including phenoxy) is 2. The predicted octanol–water partition coefficient (Wildman–Crippen LogP) is 1.29. The van der Waals surface area contributed by atoms with Crippen LogP contribution in [0.4, 0.5) is 5.69 Å². The van der Waals surface area contributed by atoms with Gasteiger partial charge in [-0.1, -0.05) is 18.2 Å². The molecule has 9 nitrogen and oxygen atoms in total. The second-order valence-corrected chi connectivity index (χ2v) is 6.51. The van der Waals surface area contributed by atoms with E-state index in [-0.39, 0.29) is 13.0 Å². The minimum Gasteiger partial charge on any atom is -0.497 e. The van der Waals surface area contributed by atoms with Crippen molar-refractivity contribution in [1.29, 1.82) is 0 Å². The zero-order chi connectivity index (χ0) is 21.7. The Kier molecular flexibility index (Phi) is 6.31. The van der Waals surface area contributed by atoms with E-state index in [2.05, 4.69) is 5.43 Å². The number of hydrazine groups is 1. The molecule has 1 fully saturated rings. The fourth-order valence-corrected chi connectivity index (χ4v) is 3.03. The number of imide groups is 1. The summed E-state index contributed by atoms with van der Waals surface area (Å²) in [6, 6.07) is 13.9. The van der Waals surface area contributed by atoms with E-state index in [1.165, 1.54) is 14.0 Å². The summed E-state index contributed by atoms with van der Waals surface area (Å²) in [5.74, 6) is -1.23. The monoisotopic (exact) mass is 411 g/mol. The maximum Gasteiger partial charge on any atom is 0.276 e. The Hall–Kier alpha value is -3.88. The average Bonchev–Trinajstić information content (AvgIpc) is 3.04. The molecule has 0 radical (unpaired) electrons. The molecule has 2 aromatic carbocycles. The highest BCUT2D eigenvalue weighted by molar-refractivity contribution is 6.23. The predicted molar refractivity (Wildman–Crippen MR) is 106 cm³/mol. The van der Waals surface area contributed by atoms with E-state index in [9.17, 15) is 19.2 Å². The van der Waals surface area contributed by atoms with Crippen molar-refractivity contribution in [2.45, 2.75) is 19.4 Å². The molecule has 1 aliphatic heterocycles. The molecule has 3 rings (SSSR count). The molecule has 0 saturated carbocycles. The van der Waals surface area contributed by atoms with Gasteiger partial charge >= 0.3 is 0 Å². The van der Waals surface area contributed by atoms with Gasteiger partial charge in [0.05, 0.1) is 19.2 Å². The van der Waals surface area contributed by atoms with Crippen molar-refractivity contribution in [1.82, 2.24) is 10.4 Å². The summed E-state index contributed by atoms with van der Waals surface area (Å²) in [4.78, 5) is 50.7. The maximum atomic E-state index is 12.9. The molecule has 0 aliphatic carbocycles. The Bertz CT molecular complexity index is 945. The first-order valence-electron chi connectivity index (χ1n) is 9.18. The van der Waals surface area contributed by atoms with E-state index in [4.69, 9.17) is 9.47 Å². The van der Waals surface area contributed by atoms with Crippen molar-refractivity contribution < 1.29 is 28.7 Å². The Morgan fingerprint density at radius 3 is 2.33 bits per heavy atom. The number of carbonyl (C=O) groups excluding carboxylic acids is 4. The molecule has 30 heavy (non-hydrogen) atoms. The number of nitrogens with one attached hydrogen (secondary N) is 1. The Labute approximate surface area is 173 Å². The molecule has 0 aromatic heterocycles. The number of nitrogens with zero attached hydrogens (tertiary/aromatic N) is 2. The molecular weight excluding hydrogens is 390 g/mol. The van der Waals surface area contributed by atoms with Crippen molar-refractivity contribution in [3.05, 3.63) is 54.6 Å². The van der Waals surface area contributed by atoms with Gasteiger partial charge in [-0.15, -0.1) is 0 Å². The zero-order valence-corrected chi connectivity index (χ0v) is 16.5. The highest BCUT2D eigenvalue weighted by atomic mass is 16.5. The number of anilines is 1. The molecule has 1 saturated heterocycles. The smallest absolute Gasteiger partial charge is 0.276 e. The highest BCUT2D eigenvalue weighted by Gasteiger charge is 2.44. The summed E-state index contributed by atoms with van der Waals surface area (Å²) < 4.78 is 10.4. The number of rotatable bonds is 6. The van der Waals surface area contributed by atoms with Crippen molar-refractivity contribution in [2.75, 3.05) is 18.6 Å². The number of amides is 4. The molecular formula is C21H21N3O6. The molecule has 9 heteroatoms. The summed E-state index contributed by atoms with van der Waals surface area (Å²) in [5.41, 5.74) is 2.73. The van der Waals surface area contributed by atoms with Gasteiger partial charge in [0, 0.05) is 6.92 Å². The van der Waals surface area contributed by atoms with E-state index in [1.54, 1.807) is 48.5 Å². The number of para-hydroxylation sites is 1. The minimum absolute atomic E-state index is 0.246. The number of methoxy groups -OCH3 is 1. The normalized spacial score (nSPS) is 15.7. The van der Waals surface area contributed by atoms with Crippen molar-refractivity contribution in [3.8, 4) is 11.5 Å². The van der Waals surface area contributed by atoms with Crippen LogP contribution in [-0.4, -0.2) is 48.4 Å². The van der Waals surface area contributed by atoms with Crippen molar-refractivity contribution in [2.24, 2.45) is 0 Å². The summed E-state index contributed by atoms with van der Waals surface area (Å²) >= 11 is 0. The average molecular weight is 411 g/mol. The van der Waals surface area contributed by atoms with Gasteiger partial charge in [-0.25, -0.2) is 9.91 Å². The molecule has 1 atom stereocenters. The molecule has 1 aliphatic rings. The van der Waals surface area contributed by atoms with Crippen LogP contribution in [0.25, 0.3) is 0 Å². The van der Waals surface area contributed by atoms with Crippen LogP contribution in [0.1, 0.15) is 13.3 Å². The van der Waals surface area contributed by atoms with Gasteiger partial charge in [-0.3, -0.25) is 24.6 Å². The largest absolute Gasteiger partial charge is 0.497 e. The zero-order valence-electron chi connectivity index (χ0n) is 16.5. The second kappa shape index (κ2) is 9.08. The van der Waals surface area contributed by atoms with Crippen LogP contribution in [0.3, 0.4) is 0 Å². The summed E-state index contributed by atoms with van der Waals surface area (Å²) in [6.45, 7) is 0.844. The van der Waals surface area contributed by atoms with Gasteiger partial charge in [-0.05, 0) is 36.4 Å². The van der Waals surface area contributed by atoms with Crippen LogP contribution < -0.4 is 19.8 Å². The molecule has 0 unspecified atom stereocenters. The van der Waals surface area contributed by atoms with E-state index < -0.39 is 29.7 Å². The van der Waals surface area contributed by atoms with Crippen LogP contribution in [0.2, 0.25) is 0 Å². The molecule has 156 valence electrons. The van der Waals surface area contributed by atoms with Gasteiger partial charge in [0.15, 0.2) is 6.61 Å². The fraction of sp³-hybridized carbons (Fsp3) is 0.238. The van der Waals surface area contributed by atoms with E-state index >= 15 is 0 Å². The lowest BCUT2D eigenvalue weighted by Crippen LogP contribution is -2.54. The van der Waals surface area contributed by atoms with Gasteiger partial charge in [0.2, 0.25) is 11.8 Å². The van der Waals surface area contributed by atoms with E-state index in [0.29, 0.717) is 17.2 Å². The molecule has 1 heterocycles. The number of hydrogen-bond acceptors (Lipinski definition) is 6. The van der Waals surface area contributed by atoms with Crippen molar-refractivity contribution in [3.63, 3.8) is 0 Å². The van der Waals surface area contributed by atoms with Gasteiger partial charge in [0.1, 0.15) is 17.5 Å². The van der Waals surface area contributed by atoms with Crippen LogP contribution in [0.5, 0.6) is 11.5 Å². The molecule has 0 spiro atoms. The highest BCUT2D eigenvalue weighted by Crippen LogP contribution is 2.27. The van der Waals surface area contributed by atoms with Gasteiger partial charge in [0.25, 0.3) is 11.8 Å². The number of hydrogen-bond donors (Lipinski definition) is 1. The third-order valence-electron chi connectivity index (χ3n) is 4.46. The quantitative estimate of drug-likeness (QED) is 0.567. The third-order valence-corrected chi connectivity index (χ3v) is 4.46. The van der Waals surface area contributed by atoms with Crippen LogP contribution in [0, 0.1) is 0 Å². The molecule has 0 bridgehead atoms. The van der Waals surface area contributed by atoms with E-state index in [1.807, 2.05) is 6.07 Å². The lowest BCUT2D eigenvalue weighted by Gasteiger charge is -2.26. The first-order chi connectivity index (χ1) is 14.4. The Morgan fingerprint density at radius 2 is 1.73 bits per heavy atom. The summed E-state index contributed by atoms with van der Waals surface area (Å²) in [5, 5.41) is 0.875. The molecule has 4 amide bonds. The minimum atomic E-state index is -1.14. The standard InChI is InChI=1S/C21H21N3O6/c1-14(25)24(22-19(26)13-30-17-6-4-3-5-7-17)18-12-20(27)23(21(18)28)15-8-10-16(29-2)11-9-15/h3-11,18H,12-13H2,1-2H3,(H,22,26)/t18-/m0/s1. The van der Waals surface area contributed by atoms with Gasteiger partial charge < -0.3 is 9.47 Å². The molecule has 2 aromatic rings. The fourth-order valence-electron chi connectivity index (χ4n) is 3.03. The third kappa shape index (κ3) is 4.57. The number of benzene rings is 2. The van der Waals surface area contributed by atoms with Gasteiger partial charge in [-0.2, -0.15) is 0 Å². The summed E-state index contributed by atoms with van der Waals surface area (Å²) in [7, 11) is 1.51. The van der Waals surface area contributed by atoms with Crippen LogP contribution >= 0.6 is 0 Å². The van der Waals surface area contributed by atoms with Crippen LogP contribution in [0.15, 0.2) is 54.6 Å². The lowest BCUT2D eigenvalue weighted by molar-refractivity contribution is -0.146. The lowest BCUT2D eigenvalue weighted by atomic mass is 10.2. The maximum absolute atomic E-state index is 12.9. The number of carbonyl (C=O) groups is 4. The van der Waals surface area contributed by atoms with Crippen LogP contribution in [-0.2, 0) is 19.2 Å². The Balaban J connectivity index is 1.69.